The molecule has 2 unspecified atom stereocenters. The zero-order valence-corrected chi connectivity index (χ0v) is 14.2. The summed E-state index contributed by atoms with van der Waals surface area (Å²) in [6, 6.07) is 10.2. The number of nitrogens with two attached hydrogens (primary N) is 1. The fraction of sp³-hybridized carbons (Fsp3) is 0.588. The van der Waals surface area contributed by atoms with E-state index in [1.54, 1.807) is 0 Å². The molecule has 2 N–H and O–H groups in total. The smallest absolute Gasteiger partial charge is 0.239 e. The molecule has 120 valence electrons. The van der Waals surface area contributed by atoms with Crippen molar-refractivity contribution in [2.45, 2.75) is 58.5 Å². The first-order valence-electron chi connectivity index (χ1n) is 7.73. The summed E-state index contributed by atoms with van der Waals surface area (Å²) in [7, 11) is 0. The van der Waals surface area contributed by atoms with E-state index >= 15 is 0 Å². The van der Waals surface area contributed by atoms with Gasteiger partial charge in [0, 0.05) is 12.6 Å². The van der Waals surface area contributed by atoms with E-state index in [-0.39, 0.29) is 30.4 Å². The Bertz CT molecular complexity index is 397. The molecule has 0 saturated carbocycles. The highest BCUT2D eigenvalue weighted by atomic mass is 35.5. The minimum absolute atomic E-state index is 0. The number of carbonyl (C=O) groups excluding carboxylic acids is 1. The third kappa shape index (κ3) is 6.06. The lowest BCUT2D eigenvalue weighted by atomic mass is 10.0. The standard InChI is InChI=1S/C17H28N2O.ClH/c1-4-10-16(18)17(20)19(6-3)15(5-2)13-14-11-8-7-9-12-14;/h7-9,11-12,15-16H,4-6,10,13,18H2,1-3H3;1H. The van der Waals surface area contributed by atoms with Crippen LogP contribution in [0.5, 0.6) is 0 Å². The van der Waals surface area contributed by atoms with Crippen molar-refractivity contribution >= 4 is 18.3 Å². The third-order valence-electron chi connectivity index (χ3n) is 3.77. The fourth-order valence-electron chi connectivity index (χ4n) is 2.60. The second kappa shape index (κ2) is 10.6. The first-order chi connectivity index (χ1) is 9.63. The van der Waals surface area contributed by atoms with Gasteiger partial charge in [0.05, 0.1) is 6.04 Å². The van der Waals surface area contributed by atoms with Crippen molar-refractivity contribution in [3.05, 3.63) is 35.9 Å². The van der Waals surface area contributed by atoms with Crippen LogP contribution < -0.4 is 5.73 Å². The van der Waals surface area contributed by atoms with Crippen molar-refractivity contribution in [1.82, 2.24) is 4.90 Å². The summed E-state index contributed by atoms with van der Waals surface area (Å²) in [6.07, 6.45) is 3.56. The SMILES string of the molecule is CCCC(N)C(=O)N(CC)C(CC)Cc1ccccc1.Cl. The van der Waals surface area contributed by atoms with Crippen molar-refractivity contribution in [2.24, 2.45) is 5.73 Å². The molecule has 1 aromatic carbocycles. The van der Waals surface area contributed by atoms with E-state index in [0.29, 0.717) is 0 Å². The summed E-state index contributed by atoms with van der Waals surface area (Å²) in [5.41, 5.74) is 7.27. The molecular weight excluding hydrogens is 284 g/mol. The van der Waals surface area contributed by atoms with Crippen LogP contribution in [0.3, 0.4) is 0 Å². The maximum absolute atomic E-state index is 12.5. The molecule has 1 amide bonds. The monoisotopic (exact) mass is 312 g/mol. The van der Waals surface area contributed by atoms with E-state index in [1.807, 2.05) is 30.0 Å². The van der Waals surface area contributed by atoms with Crippen LogP contribution in [0.15, 0.2) is 30.3 Å². The van der Waals surface area contributed by atoms with Gasteiger partial charge in [-0.15, -0.1) is 12.4 Å². The summed E-state index contributed by atoms with van der Waals surface area (Å²) in [5, 5.41) is 0. The van der Waals surface area contributed by atoms with Gasteiger partial charge in [-0.25, -0.2) is 0 Å². The molecule has 0 radical (unpaired) electrons. The predicted octanol–water partition coefficient (Wildman–Crippen LogP) is 3.41. The van der Waals surface area contributed by atoms with Crippen molar-refractivity contribution in [3.63, 3.8) is 0 Å². The molecule has 0 aliphatic rings. The second-order valence-corrected chi connectivity index (χ2v) is 5.27. The Morgan fingerprint density at radius 1 is 1.19 bits per heavy atom. The predicted molar refractivity (Wildman–Crippen MR) is 91.7 cm³/mol. The van der Waals surface area contributed by atoms with Gasteiger partial charge in [-0.2, -0.15) is 0 Å². The Morgan fingerprint density at radius 2 is 1.81 bits per heavy atom. The topological polar surface area (TPSA) is 46.3 Å². The van der Waals surface area contributed by atoms with Gasteiger partial charge in [-0.1, -0.05) is 50.6 Å². The Kier molecular flexibility index (Phi) is 10.1. The van der Waals surface area contributed by atoms with Gasteiger partial charge in [0.25, 0.3) is 0 Å². The Labute approximate surface area is 135 Å². The summed E-state index contributed by atoms with van der Waals surface area (Å²) in [4.78, 5) is 14.4. The van der Waals surface area contributed by atoms with Crippen molar-refractivity contribution in [2.75, 3.05) is 6.54 Å². The van der Waals surface area contributed by atoms with Gasteiger partial charge in [0.2, 0.25) is 5.91 Å². The zero-order valence-electron chi connectivity index (χ0n) is 13.4. The van der Waals surface area contributed by atoms with Crippen LogP contribution in [0.2, 0.25) is 0 Å². The summed E-state index contributed by atoms with van der Waals surface area (Å²) in [6.45, 7) is 6.95. The van der Waals surface area contributed by atoms with Gasteiger partial charge in [-0.05, 0) is 31.7 Å². The van der Waals surface area contributed by atoms with E-state index in [2.05, 4.69) is 26.0 Å². The first kappa shape index (κ1) is 19.9. The Hall–Kier alpha value is -1.06. The van der Waals surface area contributed by atoms with Gasteiger partial charge >= 0.3 is 0 Å². The van der Waals surface area contributed by atoms with E-state index in [9.17, 15) is 4.79 Å². The van der Waals surface area contributed by atoms with Gasteiger partial charge in [0.15, 0.2) is 0 Å². The molecule has 0 saturated heterocycles. The maximum atomic E-state index is 12.5. The van der Waals surface area contributed by atoms with Crippen LogP contribution in [0.25, 0.3) is 0 Å². The fourth-order valence-corrected chi connectivity index (χ4v) is 2.60. The average Bonchev–Trinajstić information content (AvgIpc) is 2.48. The lowest BCUT2D eigenvalue weighted by molar-refractivity contribution is -0.135. The van der Waals surface area contributed by atoms with Crippen LogP contribution in [-0.4, -0.2) is 29.4 Å². The zero-order chi connectivity index (χ0) is 15.0. The molecule has 2 atom stereocenters. The summed E-state index contributed by atoms with van der Waals surface area (Å²) in [5.74, 6) is 0.0946. The number of rotatable bonds is 8. The number of amides is 1. The molecule has 3 nitrogen and oxygen atoms in total. The highest BCUT2D eigenvalue weighted by molar-refractivity contribution is 5.85. The highest BCUT2D eigenvalue weighted by Gasteiger charge is 2.25. The van der Waals surface area contributed by atoms with Gasteiger partial charge in [-0.3, -0.25) is 4.79 Å². The Balaban J connectivity index is 0.00000400. The molecule has 4 heteroatoms. The van der Waals surface area contributed by atoms with Crippen LogP contribution in [0, 0.1) is 0 Å². The number of carbonyl (C=O) groups is 1. The molecule has 0 aromatic heterocycles. The molecule has 0 fully saturated rings. The largest absolute Gasteiger partial charge is 0.338 e. The third-order valence-corrected chi connectivity index (χ3v) is 3.77. The average molecular weight is 313 g/mol. The molecule has 0 aliphatic heterocycles. The van der Waals surface area contributed by atoms with E-state index in [0.717, 1.165) is 32.2 Å². The molecule has 0 aliphatic carbocycles. The molecule has 0 spiro atoms. The van der Waals surface area contributed by atoms with E-state index in [1.165, 1.54) is 5.56 Å². The molecule has 21 heavy (non-hydrogen) atoms. The minimum Gasteiger partial charge on any atom is -0.338 e. The molecule has 0 bridgehead atoms. The van der Waals surface area contributed by atoms with E-state index < -0.39 is 0 Å². The number of halogens is 1. The molecule has 1 aromatic rings. The normalized spacial score (nSPS) is 13.1. The molecular formula is C17H29ClN2O. The maximum Gasteiger partial charge on any atom is 0.239 e. The molecule has 0 heterocycles. The van der Waals surface area contributed by atoms with E-state index in [4.69, 9.17) is 5.73 Å². The van der Waals surface area contributed by atoms with Crippen molar-refractivity contribution in [1.29, 1.82) is 0 Å². The van der Waals surface area contributed by atoms with Crippen LogP contribution in [0.1, 0.15) is 45.6 Å². The Morgan fingerprint density at radius 3 is 2.29 bits per heavy atom. The quantitative estimate of drug-likeness (QED) is 0.799. The molecule has 1 rings (SSSR count). The number of benzene rings is 1. The number of hydrogen-bond acceptors (Lipinski definition) is 2. The lowest BCUT2D eigenvalue weighted by Crippen LogP contribution is -2.49. The van der Waals surface area contributed by atoms with Crippen LogP contribution >= 0.6 is 12.4 Å². The van der Waals surface area contributed by atoms with Crippen molar-refractivity contribution < 1.29 is 4.79 Å². The van der Waals surface area contributed by atoms with Gasteiger partial charge < -0.3 is 10.6 Å². The number of nitrogens with zero attached hydrogens (tertiary/aromatic N) is 1. The number of likely N-dealkylation sites (N-methyl/N-ethyl adjacent to an activating group) is 1. The minimum atomic E-state index is -0.357. The second-order valence-electron chi connectivity index (χ2n) is 5.27. The lowest BCUT2D eigenvalue weighted by Gasteiger charge is -2.32. The summed E-state index contributed by atoms with van der Waals surface area (Å²) >= 11 is 0. The highest BCUT2D eigenvalue weighted by Crippen LogP contribution is 2.14. The first-order valence-corrected chi connectivity index (χ1v) is 7.73. The van der Waals surface area contributed by atoms with Gasteiger partial charge in [0.1, 0.15) is 0 Å². The summed E-state index contributed by atoms with van der Waals surface area (Å²) < 4.78 is 0. The number of hydrogen-bond donors (Lipinski definition) is 1. The van der Waals surface area contributed by atoms with Crippen LogP contribution in [-0.2, 0) is 11.2 Å². The van der Waals surface area contributed by atoms with Crippen molar-refractivity contribution in [3.8, 4) is 0 Å². The van der Waals surface area contributed by atoms with Crippen LogP contribution in [0.4, 0.5) is 0 Å².